The number of thiophene rings is 1. The molecule has 0 bridgehead atoms. The van der Waals surface area contributed by atoms with Gasteiger partial charge in [0.25, 0.3) is 11.5 Å². The standard InChI is InChI=1S/C22H26N2O3S/c1-3-4-14-27-18-17-19(15-10-6-7-11-16(15)23(2)21(17)25)28-20(18)22(26)24-12-8-5-9-13-24/h6-7,10-11H,3-5,8-9,12-14H2,1-2H3. The smallest absolute Gasteiger partial charge is 0.267 e. The van der Waals surface area contributed by atoms with Crippen molar-refractivity contribution in [3.8, 4) is 5.75 Å². The molecular weight excluding hydrogens is 372 g/mol. The summed E-state index contributed by atoms with van der Waals surface area (Å²) >= 11 is 1.41. The minimum Gasteiger partial charge on any atom is -0.491 e. The predicted octanol–water partition coefficient (Wildman–Crippen LogP) is 4.56. The van der Waals surface area contributed by atoms with Crippen molar-refractivity contribution in [3.63, 3.8) is 0 Å². The molecule has 1 amide bonds. The lowest BCUT2D eigenvalue weighted by molar-refractivity contribution is 0.0725. The Balaban J connectivity index is 1.93. The average molecular weight is 399 g/mol. The number of rotatable bonds is 5. The lowest BCUT2D eigenvalue weighted by atomic mass is 10.1. The molecule has 0 radical (unpaired) electrons. The third kappa shape index (κ3) is 3.20. The van der Waals surface area contributed by atoms with Crippen molar-refractivity contribution in [1.82, 2.24) is 9.47 Å². The number of carbonyl (C=O) groups is 1. The number of amides is 1. The maximum atomic E-state index is 13.3. The number of hydrogen-bond acceptors (Lipinski definition) is 4. The van der Waals surface area contributed by atoms with Crippen molar-refractivity contribution in [1.29, 1.82) is 0 Å². The van der Waals surface area contributed by atoms with Crippen molar-refractivity contribution < 1.29 is 9.53 Å². The number of likely N-dealkylation sites (tertiary alicyclic amines) is 1. The van der Waals surface area contributed by atoms with Crippen LogP contribution in [0.3, 0.4) is 0 Å². The monoisotopic (exact) mass is 398 g/mol. The molecule has 1 aliphatic rings. The van der Waals surface area contributed by atoms with Gasteiger partial charge in [0, 0.05) is 25.5 Å². The number of carbonyl (C=O) groups excluding carboxylic acids is 1. The van der Waals surface area contributed by atoms with Crippen LogP contribution in [0.15, 0.2) is 29.1 Å². The molecule has 5 nitrogen and oxygen atoms in total. The number of nitrogens with zero attached hydrogens (tertiary/aromatic N) is 2. The predicted molar refractivity (Wildman–Crippen MR) is 115 cm³/mol. The zero-order valence-corrected chi connectivity index (χ0v) is 17.3. The number of fused-ring (bicyclic) bond motifs is 3. The molecule has 0 unspecified atom stereocenters. The number of unbranched alkanes of at least 4 members (excludes halogenated alkanes) is 1. The summed E-state index contributed by atoms with van der Waals surface area (Å²) in [5.41, 5.74) is 0.771. The molecule has 28 heavy (non-hydrogen) atoms. The van der Waals surface area contributed by atoms with Crippen LogP contribution in [0.25, 0.3) is 21.0 Å². The molecule has 1 aromatic carbocycles. The van der Waals surface area contributed by atoms with Crippen molar-refractivity contribution in [2.45, 2.75) is 39.0 Å². The molecule has 0 spiro atoms. The Morgan fingerprint density at radius 2 is 1.93 bits per heavy atom. The van der Waals surface area contributed by atoms with E-state index in [-0.39, 0.29) is 11.5 Å². The zero-order valence-electron chi connectivity index (χ0n) is 16.5. The van der Waals surface area contributed by atoms with Crippen molar-refractivity contribution in [2.24, 2.45) is 7.05 Å². The lowest BCUT2D eigenvalue weighted by Gasteiger charge is -2.26. The van der Waals surface area contributed by atoms with Gasteiger partial charge in [0.15, 0.2) is 5.75 Å². The molecule has 0 atom stereocenters. The molecule has 2 aromatic heterocycles. The molecule has 4 rings (SSSR count). The molecule has 3 heterocycles. The number of aryl methyl sites for hydroxylation is 1. The van der Waals surface area contributed by atoms with Crippen LogP contribution in [0, 0.1) is 0 Å². The van der Waals surface area contributed by atoms with E-state index in [0.29, 0.717) is 22.6 Å². The highest BCUT2D eigenvalue weighted by Crippen LogP contribution is 2.40. The van der Waals surface area contributed by atoms with Gasteiger partial charge in [0.1, 0.15) is 10.3 Å². The topological polar surface area (TPSA) is 51.5 Å². The number of pyridine rings is 1. The van der Waals surface area contributed by atoms with Gasteiger partial charge in [0.05, 0.1) is 16.8 Å². The van der Waals surface area contributed by atoms with Crippen molar-refractivity contribution in [2.75, 3.05) is 19.7 Å². The second kappa shape index (κ2) is 7.95. The highest BCUT2D eigenvalue weighted by atomic mass is 32.1. The van der Waals surface area contributed by atoms with E-state index < -0.39 is 0 Å². The Hall–Kier alpha value is -2.34. The van der Waals surface area contributed by atoms with Crippen LogP contribution in [0.4, 0.5) is 0 Å². The molecule has 1 fully saturated rings. The van der Waals surface area contributed by atoms with Gasteiger partial charge in [-0.05, 0) is 31.7 Å². The van der Waals surface area contributed by atoms with E-state index in [1.807, 2.05) is 29.2 Å². The van der Waals surface area contributed by atoms with E-state index in [2.05, 4.69) is 6.92 Å². The third-order valence-corrected chi connectivity index (χ3v) is 6.67. The first-order valence-electron chi connectivity index (χ1n) is 10.1. The summed E-state index contributed by atoms with van der Waals surface area (Å²) < 4.78 is 8.59. The molecule has 0 aliphatic carbocycles. The number of ether oxygens (including phenoxy) is 1. The number of hydrogen-bond donors (Lipinski definition) is 0. The lowest BCUT2D eigenvalue weighted by Crippen LogP contribution is -2.35. The second-order valence-corrected chi connectivity index (χ2v) is 8.42. The average Bonchev–Trinajstić information content (AvgIpc) is 3.12. The Kier molecular flexibility index (Phi) is 5.40. The SMILES string of the molecule is CCCCOc1c(C(=O)N2CCCCC2)sc2c1c(=O)n(C)c1ccccc21. The summed E-state index contributed by atoms with van der Waals surface area (Å²) in [6.45, 7) is 4.17. The first-order chi connectivity index (χ1) is 13.6. The number of piperidine rings is 1. The van der Waals surface area contributed by atoms with Gasteiger partial charge in [-0.2, -0.15) is 0 Å². The Morgan fingerprint density at radius 1 is 1.18 bits per heavy atom. The minimum absolute atomic E-state index is 0.00136. The summed E-state index contributed by atoms with van der Waals surface area (Å²) in [5, 5.41) is 1.53. The van der Waals surface area contributed by atoms with Crippen LogP contribution < -0.4 is 10.3 Å². The van der Waals surface area contributed by atoms with E-state index in [1.165, 1.54) is 17.8 Å². The fraction of sp³-hybridized carbons (Fsp3) is 0.455. The van der Waals surface area contributed by atoms with Gasteiger partial charge in [-0.1, -0.05) is 31.5 Å². The van der Waals surface area contributed by atoms with Crippen LogP contribution in [0.2, 0.25) is 0 Å². The molecule has 148 valence electrons. The highest BCUT2D eigenvalue weighted by Gasteiger charge is 2.28. The first kappa shape index (κ1) is 19.0. The van der Waals surface area contributed by atoms with Gasteiger partial charge in [-0.3, -0.25) is 9.59 Å². The largest absolute Gasteiger partial charge is 0.491 e. The fourth-order valence-corrected chi connectivity index (χ4v) is 5.11. The second-order valence-electron chi connectivity index (χ2n) is 7.40. The van der Waals surface area contributed by atoms with Crippen LogP contribution in [-0.2, 0) is 7.05 Å². The van der Waals surface area contributed by atoms with Crippen molar-refractivity contribution >= 4 is 38.2 Å². The summed E-state index contributed by atoms with van der Waals surface area (Å²) in [7, 11) is 1.78. The first-order valence-corrected chi connectivity index (χ1v) is 10.9. The van der Waals surface area contributed by atoms with Gasteiger partial charge < -0.3 is 14.2 Å². The highest BCUT2D eigenvalue weighted by molar-refractivity contribution is 7.22. The van der Waals surface area contributed by atoms with Gasteiger partial charge >= 0.3 is 0 Å². The van der Waals surface area contributed by atoms with Crippen LogP contribution in [-0.4, -0.2) is 35.1 Å². The molecule has 3 aromatic rings. The number of para-hydroxylation sites is 1. The van der Waals surface area contributed by atoms with Gasteiger partial charge in [-0.15, -0.1) is 11.3 Å². The normalized spacial score (nSPS) is 14.7. The van der Waals surface area contributed by atoms with E-state index in [0.717, 1.165) is 54.4 Å². The molecule has 1 aliphatic heterocycles. The van der Waals surface area contributed by atoms with Gasteiger partial charge in [-0.25, -0.2) is 0 Å². The molecular formula is C22H26N2O3S. The third-order valence-electron chi connectivity index (χ3n) is 5.47. The molecule has 6 heteroatoms. The molecule has 0 N–H and O–H groups in total. The Morgan fingerprint density at radius 3 is 2.68 bits per heavy atom. The Bertz CT molecular complexity index is 1080. The summed E-state index contributed by atoms with van der Waals surface area (Å²) in [6.07, 6.45) is 5.13. The van der Waals surface area contributed by atoms with E-state index in [1.54, 1.807) is 11.6 Å². The quantitative estimate of drug-likeness (QED) is 0.592. The van der Waals surface area contributed by atoms with Crippen LogP contribution >= 0.6 is 11.3 Å². The maximum Gasteiger partial charge on any atom is 0.267 e. The van der Waals surface area contributed by atoms with Crippen LogP contribution in [0.5, 0.6) is 5.75 Å². The summed E-state index contributed by atoms with van der Waals surface area (Å²) in [6, 6.07) is 7.85. The van der Waals surface area contributed by atoms with Crippen LogP contribution in [0.1, 0.15) is 48.7 Å². The fourth-order valence-electron chi connectivity index (χ4n) is 3.87. The molecule has 0 saturated carbocycles. The summed E-state index contributed by atoms with van der Waals surface area (Å²) in [5.74, 6) is 0.480. The van der Waals surface area contributed by atoms with Crippen molar-refractivity contribution in [3.05, 3.63) is 39.5 Å². The maximum absolute atomic E-state index is 13.3. The Labute approximate surface area is 168 Å². The van der Waals surface area contributed by atoms with E-state index in [9.17, 15) is 9.59 Å². The summed E-state index contributed by atoms with van der Waals surface area (Å²) in [4.78, 5) is 29.0. The number of aromatic nitrogens is 1. The molecule has 1 saturated heterocycles. The zero-order chi connectivity index (χ0) is 19.7. The number of benzene rings is 1. The van der Waals surface area contributed by atoms with Gasteiger partial charge in [0.2, 0.25) is 0 Å². The van der Waals surface area contributed by atoms with E-state index >= 15 is 0 Å². The van der Waals surface area contributed by atoms with E-state index in [4.69, 9.17) is 4.74 Å². The minimum atomic E-state index is -0.103.